The summed E-state index contributed by atoms with van der Waals surface area (Å²) in [5.41, 5.74) is 8.99. The first-order valence-electron chi connectivity index (χ1n) is 14.4. The van der Waals surface area contributed by atoms with Gasteiger partial charge in [-0.05, 0) is 86.4 Å². The van der Waals surface area contributed by atoms with E-state index in [0.717, 1.165) is 55.7 Å². The number of allylic oxidation sites excluding steroid dienone is 1. The Kier molecular flexibility index (Phi) is 9.50. The van der Waals surface area contributed by atoms with Gasteiger partial charge in [0.15, 0.2) is 0 Å². The third-order valence-electron chi connectivity index (χ3n) is 9.10. The number of hydrogen-bond acceptors (Lipinski definition) is 3. The van der Waals surface area contributed by atoms with Crippen molar-refractivity contribution in [3.05, 3.63) is 75.7 Å². The summed E-state index contributed by atoms with van der Waals surface area (Å²) >= 11 is 0. The molecule has 2 aliphatic carbocycles. The Bertz CT molecular complexity index is 1270. The SMILES string of the molecule is CCN(CC1CCCC1)c1cc2c(cc1C[N+]1(Cc3cc(C(F)(F)F)cc(C(F)(F)F)c3)C(C)=COC1N)CCC2.Cl. The highest BCUT2D eigenvalue weighted by molar-refractivity contribution is 5.85. The van der Waals surface area contributed by atoms with Crippen molar-refractivity contribution < 1.29 is 35.6 Å². The van der Waals surface area contributed by atoms with Crippen molar-refractivity contribution >= 4 is 18.1 Å². The molecule has 2 aromatic carbocycles. The lowest BCUT2D eigenvalue weighted by atomic mass is 9.99. The summed E-state index contributed by atoms with van der Waals surface area (Å²) in [5, 5.41) is 0. The van der Waals surface area contributed by atoms with Gasteiger partial charge in [-0.15, -0.1) is 12.4 Å². The smallest absolute Gasteiger partial charge is 0.416 e. The van der Waals surface area contributed by atoms with Crippen molar-refractivity contribution in [3.63, 3.8) is 0 Å². The minimum absolute atomic E-state index is 0. The fourth-order valence-corrected chi connectivity index (χ4v) is 6.80. The Balaban J connectivity index is 0.00000405. The Morgan fingerprint density at radius 3 is 2.00 bits per heavy atom. The highest BCUT2D eigenvalue weighted by atomic mass is 35.5. The van der Waals surface area contributed by atoms with Crippen molar-refractivity contribution in [2.75, 3.05) is 18.0 Å². The second-order valence-electron chi connectivity index (χ2n) is 11.8. The molecule has 1 saturated carbocycles. The van der Waals surface area contributed by atoms with E-state index in [1.165, 1.54) is 43.1 Å². The van der Waals surface area contributed by atoms with Crippen LogP contribution < -0.4 is 10.6 Å². The number of nitrogens with two attached hydrogens (primary N) is 1. The number of alkyl halides is 6. The summed E-state index contributed by atoms with van der Waals surface area (Å²) in [7, 11) is 0. The van der Waals surface area contributed by atoms with Gasteiger partial charge in [0.1, 0.15) is 25.0 Å². The van der Waals surface area contributed by atoms with Gasteiger partial charge in [0.25, 0.3) is 6.35 Å². The van der Waals surface area contributed by atoms with Gasteiger partial charge in [0.05, 0.1) is 11.1 Å². The molecule has 11 heteroatoms. The van der Waals surface area contributed by atoms with Crippen molar-refractivity contribution in [1.29, 1.82) is 0 Å². The van der Waals surface area contributed by atoms with Crippen molar-refractivity contribution in [2.45, 2.75) is 90.6 Å². The lowest BCUT2D eigenvalue weighted by molar-refractivity contribution is -0.951. The zero-order chi connectivity index (χ0) is 29.6. The van der Waals surface area contributed by atoms with Gasteiger partial charge in [0, 0.05) is 36.8 Å². The van der Waals surface area contributed by atoms with Gasteiger partial charge in [-0.25, -0.2) is 10.2 Å². The maximum atomic E-state index is 13.7. The highest BCUT2D eigenvalue weighted by Gasteiger charge is 2.45. The Labute approximate surface area is 249 Å². The molecular weight excluding hydrogens is 580 g/mol. The molecule has 0 aromatic heterocycles. The zero-order valence-corrected chi connectivity index (χ0v) is 24.8. The van der Waals surface area contributed by atoms with Crippen LogP contribution in [0.25, 0.3) is 0 Å². The summed E-state index contributed by atoms with van der Waals surface area (Å²) in [6.45, 7) is 5.71. The van der Waals surface area contributed by atoms with Crippen LogP contribution in [0.15, 0.2) is 42.3 Å². The average Bonchev–Trinajstić information content (AvgIpc) is 3.64. The number of fused-ring (bicyclic) bond motifs is 1. The van der Waals surface area contributed by atoms with E-state index in [9.17, 15) is 26.3 Å². The minimum Gasteiger partial charge on any atom is -0.431 e. The number of aryl methyl sites for hydroxylation is 2. The normalized spacial score (nSPS) is 22.5. The molecule has 0 amide bonds. The first-order valence-corrected chi connectivity index (χ1v) is 14.4. The van der Waals surface area contributed by atoms with Crippen LogP contribution in [0.1, 0.15) is 79.3 Å². The number of ether oxygens (including phenoxy) is 1. The molecule has 5 rings (SSSR count). The summed E-state index contributed by atoms with van der Waals surface area (Å²) < 4.78 is 87.6. The molecule has 2 atom stereocenters. The van der Waals surface area contributed by atoms with Crippen LogP contribution in [-0.2, 0) is 43.0 Å². The number of nitrogens with zero attached hydrogens (tertiary/aromatic N) is 2. The van der Waals surface area contributed by atoms with E-state index >= 15 is 0 Å². The maximum absolute atomic E-state index is 13.7. The molecule has 0 bridgehead atoms. The number of anilines is 1. The first kappa shape index (κ1) is 32.5. The molecule has 2 N–H and O–H groups in total. The van der Waals surface area contributed by atoms with Crippen molar-refractivity contribution in [1.82, 2.24) is 0 Å². The van der Waals surface area contributed by atoms with Crippen molar-refractivity contribution in [2.24, 2.45) is 11.7 Å². The molecule has 2 aromatic rings. The summed E-state index contributed by atoms with van der Waals surface area (Å²) in [6, 6.07) is 6.20. The summed E-state index contributed by atoms with van der Waals surface area (Å²) in [5.74, 6) is 0.601. The number of quaternary nitrogens is 1. The lowest BCUT2D eigenvalue weighted by Gasteiger charge is -2.39. The van der Waals surface area contributed by atoms with Gasteiger partial charge in [-0.1, -0.05) is 12.8 Å². The standard InChI is InChI=1S/C31H38F6N3O.ClH/c1-3-39(16-21-7-4-5-8-21)28-14-24-10-6-9-23(24)13-25(28)18-40(20(2)19-41-29(40)38)17-22-11-26(30(32,33)34)15-27(12-22)31(35,36)37;/h11-15,19,21,29H,3-10,16-18,38H2,1-2H3;1H/q+1;. The second-order valence-corrected chi connectivity index (χ2v) is 11.8. The Morgan fingerprint density at radius 1 is 0.881 bits per heavy atom. The van der Waals surface area contributed by atoms with Crippen LogP contribution in [-0.4, -0.2) is 23.9 Å². The maximum Gasteiger partial charge on any atom is 0.416 e. The summed E-state index contributed by atoms with van der Waals surface area (Å²) in [6.07, 6.45) is -1.53. The molecule has 0 saturated heterocycles. The van der Waals surface area contributed by atoms with E-state index in [1.54, 1.807) is 6.92 Å². The van der Waals surface area contributed by atoms with E-state index < -0.39 is 29.8 Å². The van der Waals surface area contributed by atoms with Gasteiger partial charge in [0.2, 0.25) is 0 Å². The topological polar surface area (TPSA) is 38.5 Å². The quantitative estimate of drug-likeness (QED) is 0.239. The third-order valence-corrected chi connectivity index (χ3v) is 9.10. The fourth-order valence-electron chi connectivity index (χ4n) is 6.80. The van der Waals surface area contributed by atoms with Crippen LogP contribution in [0.2, 0.25) is 0 Å². The van der Waals surface area contributed by atoms with E-state index in [-0.39, 0.29) is 41.6 Å². The molecular formula is C31H39ClF6N3O+. The molecule has 0 spiro atoms. The molecule has 1 fully saturated rings. The Hall–Kier alpha value is -2.43. The van der Waals surface area contributed by atoms with E-state index in [2.05, 4.69) is 24.0 Å². The van der Waals surface area contributed by atoms with E-state index in [0.29, 0.717) is 11.6 Å². The van der Waals surface area contributed by atoms with Crippen LogP contribution in [0.4, 0.5) is 32.0 Å². The first-order chi connectivity index (χ1) is 19.3. The van der Waals surface area contributed by atoms with E-state index in [1.807, 2.05) is 0 Å². The predicted octanol–water partition coefficient (Wildman–Crippen LogP) is 8.30. The van der Waals surface area contributed by atoms with Crippen LogP contribution >= 0.6 is 12.4 Å². The van der Waals surface area contributed by atoms with Gasteiger partial charge < -0.3 is 9.64 Å². The number of benzene rings is 2. The van der Waals surface area contributed by atoms with Gasteiger partial charge in [-0.2, -0.15) is 26.3 Å². The zero-order valence-electron chi connectivity index (χ0n) is 24.0. The molecule has 42 heavy (non-hydrogen) atoms. The largest absolute Gasteiger partial charge is 0.431 e. The van der Waals surface area contributed by atoms with Crippen LogP contribution in [0.3, 0.4) is 0 Å². The lowest BCUT2D eigenvalue weighted by Crippen LogP contribution is -2.54. The monoisotopic (exact) mass is 618 g/mol. The highest BCUT2D eigenvalue weighted by Crippen LogP contribution is 2.41. The summed E-state index contributed by atoms with van der Waals surface area (Å²) in [4.78, 5) is 2.38. The van der Waals surface area contributed by atoms with Crippen LogP contribution in [0.5, 0.6) is 0 Å². The molecule has 4 nitrogen and oxygen atoms in total. The van der Waals surface area contributed by atoms with Gasteiger partial charge >= 0.3 is 12.4 Å². The van der Waals surface area contributed by atoms with Crippen molar-refractivity contribution in [3.8, 4) is 0 Å². The molecule has 3 aliphatic rings. The van der Waals surface area contributed by atoms with Gasteiger partial charge in [-0.3, -0.25) is 0 Å². The predicted molar refractivity (Wildman–Crippen MR) is 152 cm³/mol. The number of hydrogen-bond donors (Lipinski definition) is 1. The molecule has 0 radical (unpaired) electrons. The fraction of sp³-hybridized carbons (Fsp3) is 0.548. The number of halogens is 7. The Morgan fingerprint density at radius 2 is 1.48 bits per heavy atom. The average molecular weight is 619 g/mol. The number of rotatable bonds is 8. The van der Waals surface area contributed by atoms with Crippen LogP contribution in [0, 0.1) is 5.92 Å². The molecule has 232 valence electrons. The van der Waals surface area contributed by atoms with E-state index in [4.69, 9.17) is 10.5 Å². The molecule has 2 unspecified atom stereocenters. The second kappa shape index (κ2) is 12.3. The minimum atomic E-state index is -4.93. The third kappa shape index (κ3) is 6.55. The molecule has 1 heterocycles. The molecule has 1 aliphatic heterocycles.